The molecule has 0 amide bonds. The Kier molecular flexibility index (Phi) is 6.42. The first-order valence-corrected chi connectivity index (χ1v) is 11.3. The molecule has 1 aliphatic carbocycles. The highest BCUT2D eigenvalue weighted by Gasteiger charge is 2.38. The van der Waals surface area contributed by atoms with Crippen molar-refractivity contribution in [1.82, 2.24) is 15.0 Å². The van der Waals surface area contributed by atoms with Gasteiger partial charge in [0, 0.05) is 29.3 Å². The molecule has 1 unspecified atom stereocenters. The number of aliphatic carboxylic acids is 1. The van der Waals surface area contributed by atoms with Crippen molar-refractivity contribution in [3.8, 4) is 11.1 Å². The number of hydrogen-bond donors (Lipinski definition) is 3. The predicted octanol–water partition coefficient (Wildman–Crippen LogP) is 5.00. The van der Waals surface area contributed by atoms with Gasteiger partial charge in [0.25, 0.3) is 0 Å². The maximum absolute atomic E-state index is 11.2. The minimum Gasteiger partial charge on any atom is -0.481 e. The minimum absolute atomic E-state index is 0.00412. The average molecular weight is 447 g/mol. The Morgan fingerprint density at radius 2 is 1.79 bits per heavy atom. The number of benzene rings is 1. The molecule has 2 heterocycles. The second kappa shape index (κ2) is 9.27. The third kappa shape index (κ3) is 5.20. The van der Waals surface area contributed by atoms with E-state index in [1.165, 1.54) is 0 Å². The second-order valence-electron chi connectivity index (χ2n) is 9.20. The fourth-order valence-corrected chi connectivity index (χ4v) is 4.64. The van der Waals surface area contributed by atoms with Gasteiger partial charge in [-0.25, -0.2) is 9.97 Å². The fraction of sp³-hybridized carbons (Fsp3) is 0.385. The summed E-state index contributed by atoms with van der Waals surface area (Å²) in [4.78, 5) is 24.5. The molecule has 1 aromatic carbocycles. The number of carbonyl (C=O) groups is 1. The van der Waals surface area contributed by atoms with Gasteiger partial charge < -0.3 is 15.5 Å². The van der Waals surface area contributed by atoms with Crippen LogP contribution in [0.1, 0.15) is 49.6 Å². The average Bonchev–Trinajstić information content (AvgIpc) is 2.79. The first-order chi connectivity index (χ1) is 15.7. The Morgan fingerprint density at radius 1 is 1.03 bits per heavy atom. The monoisotopic (exact) mass is 446 g/mol. The van der Waals surface area contributed by atoms with Crippen molar-refractivity contribution in [2.75, 3.05) is 5.32 Å². The number of nitrogens with one attached hydrogen (secondary N) is 1. The van der Waals surface area contributed by atoms with E-state index in [9.17, 15) is 15.0 Å². The summed E-state index contributed by atoms with van der Waals surface area (Å²) in [6, 6.07) is 11.9. The lowest BCUT2D eigenvalue weighted by Gasteiger charge is -2.36. The molecule has 0 aliphatic heterocycles. The molecule has 3 N–H and O–H groups in total. The van der Waals surface area contributed by atoms with E-state index in [1.807, 2.05) is 44.2 Å². The molecule has 33 heavy (non-hydrogen) atoms. The van der Waals surface area contributed by atoms with Crippen molar-refractivity contribution in [3.05, 3.63) is 65.7 Å². The van der Waals surface area contributed by atoms with Crippen LogP contribution in [0, 0.1) is 25.7 Å². The quantitative estimate of drug-likeness (QED) is 0.489. The molecule has 1 fully saturated rings. The smallest absolute Gasteiger partial charge is 0.306 e. The summed E-state index contributed by atoms with van der Waals surface area (Å²) in [7, 11) is 0. The Hall–Kier alpha value is -3.32. The first-order valence-electron chi connectivity index (χ1n) is 11.3. The summed E-state index contributed by atoms with van der Waals surface area (Å²) < 4.78 is 0. The van der Waals surface area contributed by atoms with Crippen LogP contribution in [0.5, 0.6) is 0 Å². The minimum atomic E-state index is -1.09. The summed E-state index contributed by atoms with van der Waals surface area (Å²) in [6.07, 6.45) is 6.07. The van der Waals surface area contributed by atoms with E-state index in [0.29, 0.717) is 37.3 Å². The maximum Gasteiger partial charge on any atom is 0.306 e. The first kappa shape index (κ1) is 22.9. The van der Waals surface area contributed by atoms with Crippen LogP contribution in [0.25, 0.3) is 11.1 Å². The number of carboxylic acid groups (broad SMARTS) is 1. The Balaban J connectivity index is 1.52. The zero-order valence-corrected chi connectivity index (χ0v) is 19.2. The number of hydrogen-bond acceptors (Lipinski definition) is 6. The predicted molar refractivity (Wildman–Crippen MR) is 127 cm³/mol. The van der Waals surface area contributed by atoms with Crippen LogP contribution in [-0.2, 0) is 10.4 Å². The fourth-order valence-electron chi connectivity index (χ4n) is 4.64. The van der Waals surface area contributed by atoms with Crippen LogP contribution >= 0.6 is 0 Å². The normalized spacial score (nSPS) is 20.1. The van der Waals surface area contributed by atoms with Crippen molar-refractivity contribution >= 4 is 17.6 Å². The van der Waals surface area contributed by atoms with Gasteiger partial charge in [-0.1, -0.05) is 12.1 Å². The third-order valence-electron chi connectivity index (χ3n) is 6.62. The lowest BCUT2D eigenvalue weighted by atomic mass is 9.73. The number of pyridine rings is 1. The van der Waals surface area contributed by atoms with Crippen LogP contribution < -0.4 is 5.32 Å². The Morgan fingerprint density at radius 3 is 2.42 bits per heavy atom. The van der Waals surface area contributed by atoms with E-state index in [1.54, 1.807) is 19.3 Å². The largest absolute Gasteiger partial charge is 0.481 e. The van der Waals surface area contributed by atoms with Crippen LogP contribution in [-0.4, -0.2) is 31.1 Å². The van der Waals surface area contributed by atoms with Gasteiger partial charge in [-0.2, -0.15) is 0 Å². The van der Waals surface area contributed by atoms with Crippen molar-refractivity contribution in [2.24, 2.45) is 11.8 Å². The molecule has 4 rings (SSSR count). The number of aromatic nitrogens is 3. The maximum atomic E-state index is 11.2. The van der Waals surface area contributed by atoms with Crippen LogP contribution in [0.2, 0.25) is 0 Å². The molecule has 3 aromatic rings. The summed E-state index contributed by atoms with van der Waals surface area (Å²) in [6.45, 7) is 5.75. The number of anilines is 2. The molecule has 0 spiro atoms. The molecule has 172 valence electrons. The van der Waals surface area contributed by atoms with Crippen molar-refractivity contribution < 1.29 is 15.0 Å². The standard InChI is InChI=1S/C26H30N4O3/c1-16-12-20(14-22(13-16)30-25-27-11-10-17(2)29-25)19-6-9-23(28-15-19)26(3,33)21-7-4-18(5-8-21)24(31)32/h6,9-15,18,21,33H,4-5,7-8H2,1-3H3,(H,31,32)(H,27,29,30). The number of aryl methyl sites for hydroxylation is 2. The molecule has 1 saturated carbocycles. The molecule has 7 nitrogen and oxygen atoms in total. The molecular formula is C26H30N4O3. The number of aliphatic hydroxyl groups is 1. The second-order valence-corrected chi connectivity index (χ2v) is 9.20. The summed E-state index contributed by atoms with van der Waals surface area (Å²) in [5.74, 6) is -0.498. The molecule has 0 saturated heterocycles. The van der Waals surface area contributed by atoms with Gasteiger partial charge in [0.2, 0.25) is 5.95 Å². The molecule has 0 bridgehead atoms. The van der Waals surface area contributed by atoms with Gasteiger partial charge in [-0.3, -0.25) is 9.78 Å². The van der Waals surface area contributed by atoms with Crippen LogP contribution in [0.15, 0.2) is 48.8 Å². The highest BCUT2D eigenvalue weighted by molar-refractivity contribution is 5.71. The number of nitrogens with zero attached hydrogens (tertiary/aromatic N) is 3. The van der Waals surface area contributed by atoms with E-state index in [2.05, 4.69) is 26.3 Å². The summed E-state index contributed by atoms with van der Waals surface area (Å²) in [5.41, 5.74) is 4.35. The number of carboxylic acids is 1. The van der Waals surface area contributed by atoms with E-state index >= 15 is 0 Å². The lowest BCUT2D eigenvalue weighted by molar-refractivity contribution is -0.144. The zero-order chi connectivity index (χ0) is 23.6. The van der Waals surface area contributed by atoms with E-state index in [4.69, 9.17) is 0 Å². The van der Waals surface area contributed by atoms with E-state index in [-0.39, 0.29) is 11.8 Å². The highest BCUT2D eigenvalue weighted by atomic mass is 16.4. The number of rotatable bonds is 6. The molecule has 1 atom stereocenters. The lowest BCUT2D eigenvalue weighted by Crippen LogP contribution is -2.36. The molecule has 2 aromatic heterocycles. The highest BCUT2D eigenvalue weighted by Crippen LogP contribution is 2.40. The van der Waals surface area contributed by atoms with Gasteiger partial charge in [0.05, 0.1) is 11.6 Å². The van der Waals surface area contributed by atoms with Gasteiger partial charge in [0.1, 0.15) is 5.60 Å². The van der Waals surface area contributed by atoms with E-state index in [0.717, 1.165) is 28.1 Å². The third-order valence-corrected chi connectivity index (χ3v) is 6.62. The topological polar surface area (TPSA) is 108 Å². The van der Waals surface area contributed by atoms with Crippen molar-refractivity contribution in [2.45, 2.75) is 52.1 Å². The van der Waals surface area contributed by atoms with Gasteiger partial charge in [0.15, 0.2) is 0 Å². The molecular weight excluding hydrogens is 416 g/mol. The molecule has 0 radical (unpaired) electrons. The Labute approximate surface area is 194 Å². The molecule has 7 heteroatoms. The van der Waals surface area contributed by atoms with Crippen LogP contribution in [0.4, 0.5) is 11.6 Å². The van der Waals surface area contributed by atoms with Crippen LogP contribution in [0.3, 0.4) is 0 Å². The van der Waals surface area contributed by atoms with Crippen molar-refractivity contribution in [1.29, 1.82) is 0 Å². The van der Waals surface area contributed by atoms with E-state index < -0.39 is 11.6 Å². The van der Waals surface area contributed by atoms with Gasteiger partial charge in [-0.15, -0.1) is 0 Å². The SMILES string of the molecule is Cc1cc(Nc2nccc(C)n2)cc(-c2ccc(C(C)(O)C3CCC(C(=O)O)CC3)nc2)c1. The molecule has 1 aliphatic rings. The van der Waals surface area contributed by atoms with Crippen molar-refractivity contribution in [3.63, 3.8) is 0 Å². The zero-order valence-electron chi connectivity index (χ0n) is 19.2. The summed E-state index contributed by atoms with van der Waals surface area (Å²) >= 11 is 0. The summed E-state index contributed by atoms with van der Waals surface area (Å²) in [5, 5.41) is 23.7. The van der Waals surface area contributed by atoms with Gasteiger partial charge >= 0.3 is 5.97 Å². The Bertz CT molecular complexity index is 1140. The van der Waals surface area contributed by atoms with Gasteiger partial charge in [-0.05, 0) is 87.8 Å².